The van der Waals surface area contributed by atoms with Crippen LogP contribution in [0.5, 0.6) is 0 Å². The fraction of sp³-hybridized carbons (Fsp3) is 0.500. The largest absolute Gasteiger partial charge is 0.417 e. The van der Waals surface area contributed by atoms with Crippen molar-refractivity contribution in [3.63, 3.8) is 0 Å². The topological polar surface area (TPSA) is 73.6 Å². The zero-order chi connectivity index (χ0) is 27.3. The molecule has 0 radical (unpaired) electrons. The summed E-state index contributed by atoms with van der Waals surface area (Å²) in [6.07, 6.45) is -5.42. The van der Waals surface area contributed by atoms with Gasteiger partial charge in [-0.05, 0) is 42.8 Å². The molecule has 2 aromatic heterocycles. The van der Waals surface area contributed by atoms with Crippen molar-refractivity contribution in [2.45, 2.75) is 50.7 Å². The minimum Gasteiger partial charge on any atom is -0.380 e. The lowest BCUT2D eigenvalue weighted by Gasteiger charge is -2.60. The number of aryl methyl sites for hydroxylation is 1. The smallest absolute Gasteiger partial charge is 0.380 e. The van der Waals surface area contributed by atoms with Crippen LogP contribution in [-0.2, 0) is 13.1 Å². The summed E-state index contributed by atoms with van der Waals surface area (Å²) in [6, 6.07) is 8.14. The van der Waals surface area contributed by atoms with Gasteiger partial charge in [-0.3, -0.25) is 9.47 Å². The van der Waals surface area contributed by atoms with E-state index in [4.69, 9.17) is 11.6 Å². The first-order valence-electron chi connectivity index (χ1n) is 12.8. The van der Waals surface area contributed by atoms with Crippen molar-refractivity contribution in [2.75, 3.05) is 36.0 Å². The molecule has 1 N–H and O–H groups in total. The molecule has 0 unspecified atom stereocenters. The lowest BCUT2D eigenvalue weighted by atomic mass is 9.73. The van der Waals surface area contributed by atoms with Gasteiger partial charge in [0.2, 0.25) is 5.95 Å². The maximum atomic E-state index is 14.3. The molecule has 3 aliphatic heterocycles. The second-order valence-corrected chi connectivity index (χ2v) is 11.9. The minimum atomic E-state index is -4.66. The molecule has 4 aliphatic rings. The van der Waals surface area contributed by atoms with Crippen molar-refractivity contribution in [1.82, 2.24) is 24.6 Å². The zero-order valence-electron chi connectivity index (χ0n) is 21.1. The van der Waals surface area contributed by atoms with Crippen molar-refractivity contribution >= 4 is 23.4 Å². The van der Waals surface area contributed by atoms with E-state index in [0.717, 1.165) is 30.0 Å². The Morgan fingerprint density at radius 2 is 1.72 bits per heavy atom. The standard InChI is InChI=1S/C26H26ClF4N7O/c1-15-2-4-19(28)22(32-15)36-11-24(12-36)13-37(14-24)23-34-33-21-10-35(18-7-25(39,8-18)26(29,30)31)9-16-6-17(27)3-5-20(16)38(21)23/h2-6,18,39H,7-14H2,1H3. The van der Waals surface area contributed by atoms with Crippen LogP contribution in [0.2, 0.25) is 5.02 Å². The van der Waals surface area contributed by atoms with Crippen molar-refractivity contribution < 1.29 is 22.7 Å². The Balaban J connectivity index is 1.12. The first-order chi connectivity index (χ1) is 18.4. The Hall–Kier alpha value is -2.96. The maximum absolute atomic E-state index is 14.3. The van der Waals surface area contributed by atoms with Gasteiger partial charge in [-0.2, -0.15) is 13.2 Å². The second kappa shape index (κ2) is 8.28. The summed E-state index contributed by atoms with van der Waals surface area (Å²) in [6.45, 7) is 5.36. The number of fused-ring (bicyclic) bond motifs is 3. The first kappa shape index (κ1) is 25.0. The number of nitrogens with zero attached hydrogens (tertiary/aromatic N) is 7. The van der Waals surface area contributed by atoms with Gasteiger partial charge in [0.25, 0.3) is 0 Å². The van der Waals surface area contributed by atoms with Crippen LogP contribution in [0.25, 0.3) is 5.69 Å². The SMILES string of the molecule is Cc1ccc(F)c(N2CC3(C2)CN(c2nnc4n2-c2ccc(Cl)cc2CN(C2CC(O)(C(F)(F)F)C2)C4)C3)n1. The number of alkyl halides is 3. The quantitative estimate of drug-likeness (QED) is 0.485. The fourth-order valence-electron chi connectivity index (χ4n) is 6.45. The van der Waals surface area contributed by atoms with Crippen LogP contribution in [0.4, 0.5) is 29.3 Å². The Kier molecular flexibility index (Phi) is 5.31. The zero-order valence-corrected chi connectivity index (χ0v) is 21.8. The first-order valence-corrected chi connectivity index (χ1v) is 13.2. The van der Waals surface area contributed by atoms with Crippen molar-refractivity contribution in [2.24, 2.45) is 5.41 Å². The molecular formula is C26H26ClF4N7O. The Morgan fingerprint density at radius 3 is 2.44 bits per heavy atom. The molecule has 1 aliphatic carbocycles. The number of hydrogen-bond donors (Lipinski definition) is 1. The molecule has 206 valence electrons. The summed E-state index contributed by atoms with van der Waals surface area (Å²) < 4.78 is 56.1. The number of hydrogen-bond acceptors (Lipinski definition) is 7. The van der Waals surface area contributed by atoms with Crippen LogP contribution >= 0.6 is 11.6 Å². The molecule has 1 spiro atoms. The average Bonchev–Trinajstić information content (AvgIpc) is 3.11. The van der Waals surface area contributed by atoms with E-state index in [1.165, 1.54) is 6.07 Å². The third-order valence-corrected chi connectivity index (χ3v) is 8.79. The van der Waals surface area contributed by atoms with Crippen molar-refractivity contribution in [1.29, 1.82) is 0 Å². The molecule has 7 rings (SSSR count). The number of benzene rings is 1. The highest BCUT2D eigenvalue weighted by Gasteiger charge is 2.62. The highest BCUT2D eigenvalue weighted by atomic mass is 35.5. The van der Waals surface area contributed by atoms with Crippen LogP contribution in [0.3, 0.4) is 0 Å². The Morgan fingerprint density at radius 1 is 1.00 bits per heavy atom. The van der Waals surface area contributed by atoms with Gasteiger partial charge in [-0.25, -0.2) is 9.37 Å². The van der Waals surface area contributed by atoms with Crippen molar-refractivity contribution in [3.05, 3.63) is 58.3 Å². The van der Waals surface area contributed by atoms with Gasteiger partial charge in [0.05, 0.1) is 12.2 Å². The van der Waals surface area contributed by atoms with E-state index in [2.05, 4.69) is 20.1 Å². The summed E-state index contributed by atoms with van der Waals surface area (Å²) in [5.41, 5.74) is -0.177. The fourth-order valence-corrected chi connectivity index (χ4v) is 6.64. The summed E-state index contributed by atoms with van der Waals surface area (Å²) in [5.74, 6) is 1.35. The number of aliphatic hydroxyl groups is 1. The summed E-state index contributed by atoms with van der Waals surface area (Å²) in [7, 11) is 0. The van der Waals surface area contributed by atoms with Crippen LogP contribution in [-0.4, -0.2) is 73.8 Å². The second-order valence-electron chi connectivity index (χ2n) is 11.5. The lowest BCUT2D eigenvalue weighted by Crippen LogP contribution is -2.73. The molecule has 8 nitrogen and oxygen atoms in total. The van der Waals surface area contributed by atoms with Crippen LogP contribution < -0.4 is 9.80 Å². The van der Waals surface area contributed by atoms with E-state index in [1.807, 2.05) is 33.4 Å². The van der Waals surface area contributed by atoms with Gasteiger partial charge in [0, 0.05) is 67.7 Å². The van der Waals surface area contributed by atoms with Gasteiger partial charge in [-0.1, -0.05) is 11.6 Å². The summed E-state index contributed by atoms with van der Waals surface area (Å²) in [5, 5.41) is 19.5. The third kappa shape index (κ3) is 3.90. The normalized spacial score (nSPS) is 25.9. The Labute approximate surface area is 226 Å². The highest BCUT2D eigenvalue weighted by molar-refractivity contribution is 6.30. The van der Waals surface area contributed by atoms with E-state index < -0.39 is 17.8 Å². The van der Waals surface area contributed by atoms with E-state index in [9.17, 15) is 22.7 Å². The monoisotopic (exact) mass is 563 g/mol. The number of rotatable bonds is 3. The predicted molar refractivity (Wildman–Crippen MR) is 135 cm³/mol. The molecule has 5 heterocycles. The highest BCUT2D eigenvalue weighted by Crippen LogP contribution is 2.49. The number of pyridine rings is 1. The minimum absolute atomic E-state index is 0.0117. The van der Waals surface area contributed by atoms with Crippen LogP contribution in [0, 0.1) is 18.2 Å². The molecule has 1 saturated carbocycles. The average molecular weight is 564 g/mol. The van der Waals surface area contributed by atoms with E-state index in [-0.39, 0.29) is 24.1 Å². The predicted octanol–water partition coefficient (Wildman–Crippen LogP) is 3.86. The van der Waals surface area contributed by atoms with E-state index >= 15 is 0 Å². The van der Waals surface area contributed by atoms with Gasteiger partial charge in [0.1, 0.15) is 0 Å². The van der Waals surface area contributed by atoms with Crippen LogP contribution in [0.15, 0.2) is 30.3 Å². The Bertz CT molecular complexity index is 1460. The molecule has 0 amide bonds. The molecule has 3 fully saturated rings. The molecule has 0 bridgehead atoms. The molecule has 13 heteroatoms. The van der Waals surface area contributed by atoms with Gasteiger partial charge in [-0.15, -0.1) is 10.2 Å². The molecule has 2 saturated heterocycles. The third-order valence-electron chi connectivity index (χ3n) is 8.56. The molecule has 1 aromatic carbocycles. The molecule has 39 heavy (non-hydrogen) atoms. The summed E-state index contributed by atoms with van der Waals surface area (Å²) in [4.78, 5) is 10.4. The van der Waals surface area contributed by atoms with E-state index in [1.54, 1.807) is 12.1 Å². The molecule has 3 aromatic rings. The van der Waals surface area contributed by atoms with E-state index in [0.29, 0.717) is 48.8 Å². The van der Waals surface area contributed by atoms with Gasteiger partial charge < -0.3 is 14.9 Å². The lowest BCUT2D eigenvalue weighted by molar-refractivity contribution is -0.300. The van der Waals surface area contributed by atoms with Gasteiger partial charge in [0.15, 0.2) is 23.1 Å². The number of halogens is 5. The molecule has 0 atom stereocenters. The number of anilines is 2. The van der Waals surface area contributed by atoms with Crippen molar-refractivity contribution in [3.8, 4) is 5.69 Å². The van der Waals surface area contributed by atoms with Crippen LogP contribution in [0.1, 0.15) is 29.9 Å². The maximum Gasteiger partial charge on any atom is 0.417 e. The summed E-state index contributed by atoms with van der Waals surface area (Å²) >= 11 is 6.31. The number of aromatic nitrogens is 4. The molecular weight excluding hydrogens is 538 g/mol. The van der Waals surface area contributed by atoms with Gasteiger partial charge >= 0.3 is 6.18 Å².